The Labute approximate surface area is 133 Å². The van der Waals surface area contributed by atoms with Gasteiger partial charge in [0, 0.05) is 11.1 Å². The van der Waals surface area contributed by atoms with Crippen LogP contribution >= 0.6 is 11.6 Å². The average molecular weight is 318 g/mol. The van der Waals surface area contributed by atoms with Crippen LogP contribution in [-0.4, -0.2) is 21.7 Å². The lowest BCUT2D eigenvalue weighted by Crippen LogP contribution is -2.26. The molecule has 1 aromatic heterocycles. The van der Waals surface area contributed by atoms with Crippen LogP contribution in [0.3, 0.4) is 0 Å². The first-order valence-electron chi connectivity index (χ1n) is 7.44. The molecule has 1 aliphatic carbocycles. The molecule has 1 fully saturated rings. The van der Waals surface area contributed by atoms with Gasteiger partial charge in [-0.1, -0.05) is 23.7 Å². The maximum Gasteiger partial charge on any atom is 0.272 e. The predicted molar refractivity (Wildman–Crippen MR) is 81.7 cm³/mol. The van der Waals surface area contributed by atoms with E-state index in [9.17, 15) is 4.79 Å². The second-order valence-electron chi connectivity index (χ2n) is 5.80. The highest BCUT2D eigenvalue weighted by atomic mass is 35.5. The van der Waals surface area contributed by atoms with E-state index < -0.39 is 0 Å². The zero-order valence-corrected chi connectivity index (χ0v) is 12.7. The van der Waals surface area contributed by atoms with Gasteiger partial charge in [-0.25, -0.2) is 0 Å². The number of fused-ring (bicyclic) bond motifs is 1. The van der Waals surface area contributed by atoms with Crippen molar-refractivity contribution in [3.63, 3.8) is 0 Å². The largest absolute Gasteiger partial charge is 0.365 e. The number of hydrogen-bond acceptors (Lipinski definition) is 3. The lowest BCUT2D eigenvalue weighted by Gasteiger charge is -2.24. The molecule has 2 heterocycles. The number of halogens is 1. The van der Waals surface area contributed by atoms with Crippen molar-refractivity contribution < 1.29 is 9.53 Å². The third kappa shape index (κ3) is 2.74. The third-order valence-electron chi connectivity index (χ3n) is 4.02. The van der Waals surface area contributed by atoms with E-state index >= 15 is 0 Å². The molecule has 0 radical (unpaired) electrons. The van der Waals surface area contributed by atoms with Gasteiger partial charge in [0.15, 0.2) is 5.69 Å². The van der Waals surface area contributed by atoms with Gasteiger partial charge in [0.25, 0.3) is 5.91 Å². The van der Waals surface area contributed by atoms with Crippen LogP contribution in [-0.2, 0) is 17.9 Å². The summed E-state index contributed by atoms with van der Waals surface area (Å²) >= 11 is 5.91. The summed E-state index contributed by atoms with van der Waals surface area (Å²) in [5.41, 5.74) is 2.47. The first-order valence-corrected chi connectivity index (χ1v) is 7.81. The van der Waals surface area contributed by atoms with Crippen LogP contribution < -0.4 is 5.32 Å². The Hall–Kier alpha value is -1.85. The van der Waals surface area contributed by atoms with Gasteiger partial charge >= 0.3 is 0 Å². The van der Waals surface area contributed by atoms with Crippen LogP contribution in [0, 0.1) is 0 Å². The van der Waals surface area contributed by atoms with Crippen LogP contribution in [0.15, 0.2) is 30.3 Å². The van der Waals surface area contributed by atoms with Crippen LogP contribution in [0.4, 0.5) is 0 Å². The topological polar surface area (TPSA) is 56.2 Å². The molecule has 2 aromatic rings. The van der Waals surface area contributed by atoms with Gasteiger partial charge < -0.3 is 10.1 Å². The lowest BCUT2D eigenvalue weighted by molar-refractivity contribution is -0.00119. The fraction of sp³-hybridized carbons (Fsp3) is 0.375. The maximum atomic E-state index is 12.1. The minimum absolute atomic E-state index is 0.0657. The standard InChI is InChI=1S/C16H16ClN3O2/c17-11-3-1-10(2-4-11)15-8-20-13(9-22-15)7-14(19-20)16(21)18-12-5-6-12/h1-4,7,12,15H,5-6,8-9H2,(H,18,21)/t15-/m1/s1. The summed E-state index contributed by atoms with van der Waals surface area (Å²) in [6.45, 7) is 1.06. The summed E-state index contributed by atoms with van der Waals surface area (Å²) in [4.78, 5) is 12.1. The van der Waals surface area contributed by atoms with Crippen molar-refractivity contribution in [3.05, 3.63) is 52.3 Å². The first kappa shape index (κ1) is 13.8. The normalized spacial score (nSPS) is 20.5. The monoisotopic (exact) mass is 317 g/mol. The molecule has 0 bridgehead atoms. The summed E-state index contributed by atoms with van der Waals surface area (Å²) in [5, 5.41) is 8.09. The van der Waals surface area contributed by atoms with Crippen molar-refractivity contribution in [2.45, 2.75) is 38.1 Å². The molecule has 1 atom stereocenters. The minimum Gasteiger partial charge on any atom is -0.365 e. The second-order valence-corrected chi connectivity index (χ2v) is 6.24. The van der Waals surface area contributed by atoms with Crippen molar-refractivity contribution in [1.29, 1.82) is 0 Å². The van der Waals surface area contributed by atoms with Crippen LogP contribution in [0.5, 0.6) is 0 Å². The molecule has 1 N–H and O–H groups in total. The van der Waals surface area contributed by atoms with Crippen molar-refractivity contribution in [1.82, 2.24) is 15.1 Å². The summed E-state index contributed by atoms with van der Waals surface area (Å²) in [7, 11) is 0. The predicted octanol–water partition coefficient (Wildman–Crippen LogP) is 2.70. The molecule has 5 nitrogen and oxygen atoms in total. The smallest absolute Gasteiger partial charge is 0.272 e. The number of nitrogens with zero attached hydrogens (tertiary/aromatic N) is 2. The van der Waals surface area contributed by atoms with E-state index in [-0.39, 0.29) is 12.0 Å². The first-order chi connectivity index (χ1) is 10.7. The van der Waals surface area contributed by atoms with Crippen molar-refractivity contribution in [2.24, 2.45) is 0 Å². The van der Waals surface area contributed by atoms with Crippen LogP contribution in [0.2, 0.25) is 5.02 Å². The molecular weight excluding hydrogens is 302 g/mol. The van der Waals surface area contributed by atoms with E-state index in [0.717, 1.165) is 24.1 Å². The number of carbonyl (C=O) groups is 1. The van der Waals surface area contributed by atoms with E-state index in [0.29, 0.717) is 29.9 Å². The van der Waals surface area contributed by atoms with E-state index in [2.05, 4.69) is 10.4 Å². The Kier molecular flexibility index (Phi) is 3.39. The molecule has 114 valence electrons. The Morgan fingerprint density at radius 1 is 1.32 bits per heavy atom. The fourth-order valence-electron chi connectivity index (χ4n) is 2.60. The molecule has 0 unspecified atom stereocenters. The molecular formula is C16H16ClN3O2. The second kappa shape index (κ2) is 5.41. The van der Waals surface area contributed by atoms with Crippen molar-refractivity contribution >= 4 is 17.5 Å². The SMILES string of the molecule is O=C(NC1CC1)c1cc2n(n1)C[C@H](c1ccc(Cl)cc1)OC2. The highest BCUT2D eigenvalue weighted by Crippen LogP contribution is 2.27. The van der Waals surface area contributed by atoms with Gasteiger partial charge in [-0.3, -0.25) is 9.48 Å². The molecule has 0 spiro atoms. The number of amides is 1. The Morgan fingerprint density at radius 3 is 2.82 bits per heavy atom. The Balaban J connectivity index is 1.51. The molecule has 4 rings (SSSR count). The van der Waals surface area contributed by atoms with E-state index in [1.807, 2.05) is 35.0 Å². The number of carbonyl (C=O) groups excluding carboxylic acids is 1. The number of ether oxygens (including phenoxy) is 1. The molecule has 1 aromatic carbocycles. The fourth-order valence-corrected chi connectivity index (χ4v) is 2.73. The molecule has 2 aliphatic rings. The Morgan fingerprint density at radius 2 is 2.09 bits per heavy atom. The Bertz CT molecular complexity index is 707. The third-order valence-corrected chi connectivity index (χ3v) is 4.27. The molecule has 22 heavy (non-hydrogen) atoms. The lowest BCUT2D eigenvalue weighted by atomic mass is 10.1. The highest BCUT2D eigenvalue weighted by molar-refractivity contribution is 6.30. The zero-order valence-electron chi connectivity index (χ0n) is 12.0. The molecule has 1 aliphatic heterocycles. The number of aromatic nitrogens is 2. The quantitative estimate of drug-likeness (QED) is 0.947. The van der Waals surface area contributed by atoms with Gasteiger partial charge in [-0.05, 0) is 36.6 Å². The van der Waals surface area contributed by atoms with Gasteiger partial charge in [0.05, 0.1) is 18.8 Å². The number of rotatable bonds is 3. The van der Waals surface area contributed by atoms with Gasteiger partial charge in [0.2, 0.25) is 0 Å². The maximum absolute atomic E-state index is 12.1. The van der Waals surface area contributed by atoms with Crippen LogP contribution in [0.25, 0.3) is 0 Å². The molecule has 1 saturated carbocycles. The van der Waals surface area contributed by atoms with Crippen molar-refractivity contribution in [3.8, 4) is 0 Å². The van der Waals surface area contributed by atoms with Gasteiger partial charge in [-0.2, -0.15) is 5.10 Å². The van der Waals surface area contributed by atoms with E-state index in [1.165, 1.54) is 0 Å². The van der Waals surface area contributed by atoms with Crippen molar-refractivity contribution in [2.75, 3.05) is 0 Å². The van der Waals surface area contributed by atoms with E-state index in [1.54, 1.807) is 0 Å². The summed E-state index contributed by atoms with van der Waals surface area (Å²) in [6, 6.07) is 9.78. The summed E-state index contributed by atoms with van der Waals surface area (Å²) in [5.74, 6) is -0.0903. The summed E-state index contributed by atoms with van der Waals surface area (Å²) in [6.07, 6.45) is 2.08. The zero-order chi connectivity index (χ0) is 15.1. The van der Waals surface area contributed by atoms with E-state index in [4.69, 9.17) is 16.3 Å². The number of nitrogens with one attached hydrogen (secondary N) is 1. The number of benzene rings is 1. The van der Waals surface area contributed by atoms with Gasteiger partial charge in [-0.15, -0.1) is 0 Å². The molecule has 0 saturated heterocycles. The minimum atomic E-state index is -0.0903. The van der Waals surface area contributed by atoms with Gasteiger partial charge in [0.1, 0.15) is 6.10 Å². The highest BCUT2D eigenvalue weighted by Gasteiger charge is 2.27. The molecule has 1 amide bonds. The number of hydrogen-bond donors (Lipinski definition) is 1. The average Bonchev–Trinajstić information content (AvgIpc) is 3.23. The molecule has 6 heteroatoms. The summed E-state index contributed by atoms with van der Waals surface area (Å²) < 4.78 is 7.75. The van der Waals surface area contributed by atoms with Crippen LogP contribution in [0.1, 0.15) is 40.7 Å².